The molecule has 0 radical (unpaired) electrons. The summed E-state index contributed by atoms with van der Waals surface area (Å²) in [4.78, 5) is 26.7. The first kappa shape index (κ1) is 17.6. The van der Waals surface area contributed by atoms with Gasteiger partial charge in [0.25, 0.3) is 5.91 Å². The SMILES string of the molecule is CC(=O)NC1(c2ccc(C(=O)N3CC4(C)CC3CC(C)(C)C4)cc2)CC1. The maximum Gasteiger partial charge on any atom is 0.254 e. The number of hydrogen-bond acceptors (Lipinski definition) is 2. The number of hydrogen-bond donors (Lipinski definition) is 1. The van der Waals surface area contributed by atoms with E-state index in [4.69, 9.17) is 0 Å². The molecule has 2 amide bonds. The Morgan fingerprint density at radius 2 is 1.73 bits per heavy atom. The number of nitrogens with zero attached hydrogens (tertiary/aromatic N) is 1. The molecular formula is C22H30N2O2. The first-order chi connectivity index (χ1) is 12.1. The summed E-state index contributed by atoms with van der Waals surface area (Å²) in [5.41, 5.74) is 2.24. The van der Waals surface area contributed by atoms with E-state index in [9.17, 15) is 9.59 Å². The van der Waals surface area contributed by atoms with Crippen LogP contribution in [0.2, 0.25) is 0 Å². The van der Waals surface area contributed by atoms with Gasteiger partial charge in [-0.05, 0) is 60.6 Å². The van der Waals surface area contributed by atoms with Crippen LogP contribution in [0.15, 0.2) is 24.3 Å². The van der Waals surface area contributed by atoms with Gasteiger partial charge in [0.2, 0.25) is 5.91 Å². The van der Waals surface area contributed by atoms with Gasteiger partial charge in [-0.3, -0.25) is 9.59 Å². The fraction of sp³-hybridized carbons (Fsp3) is 0.636. The van der Waals surface area contributed by atoms with Gasteiger partial charge in [-0.15, -0.1) is 0 Å². The van der Waals surface area contributed by atoms with E-state index >= 15 is 0 Å². The maximum atomic E-state index is 13.2. The molecule has 26 heavy (non-hydrogen) atoms. The quantitative estimate of drug-likeness (QED) is 0.896. The number of nitrogens with one attached hydrogen (secondary N) is 1. The van der Waals surface area contributed by atoms with E-state index in [1.165, 1.54) is 6.42 Å². The van der Waals surface area contributed by atoms with E-state index < -0.39 is 0 Å². The van der Waals surface area contributed by atoms with Gasteiger partial charge in [-0.2, -0.15) is 0 Å². The molecule has 0 aromatic heterocycles. The smallest absolute Gasteiger partial charge is 0.254 e. The Morgan fingerprint density at radius 3 is 2.31 bits per heavy atom. The molecule has 2 saturated carbocycles. The first-order valence-electron chi connectivity index (χ1n) is 9.82. The summed E-state index contributed by atoms with van der Waals surface area (Å²) < 4.78 is 0. The molecule has 2 aliphatic carbocycles. The Morgan fingerprint density at radius 1 is 1.08 bits per heavy atom. The fourth-order valence-electron chi connectivity index (χ4n) is 5.74. The van der Waals surface area contributed by atoms with Gasteiger partial charge in [0, 0.05) is 25.1 Å². The zero-order valence-electron chi connectivity index (χ0n) is 16.4. The molecule has 1 saturated heterocycles. The standard InChI is InChI=1S/C22H30N2O2/c1-15(25)23-22(9-10-22)17-7-5-16(6-8-17)19(26)24-14-21(4)12-18(24)11-20(2,3)13-21/h5-8,18H,9-14H2,1-4H3,(H,23,25). The molecule has 0 spiro atoms. The summed E-state index contributed by atoms with van der Waals surface area (Å²) in [6, 6.07) is 8.28. The minimum absolute atomic E-state index is 0.00264. The molecule has 1 heterocycles. The van der Waals surface area contributed by atoms with Crippen LogP contribution in [-0.2, 0) is 10.3 Å². The normalized spacial score (nSPS) is 30.8. The van der Waals surface area contributed by atoms with Crippen molar-refractivity contribution < 1.29 is 9.59 Å². The van der Waals surface area contributed by atoms with Crippen molar-refractivity contribution in [1.82, 2.24) is 10.2 Å². The van der Waals surface area contributed by atoms with E-state index in [-0.39, 0.29) is 22.8 Å². The van der Waals surface area contributed by atoms with E-state index in [1.807, 2.05) is 24.3 Å². The predicted octanol–water partition coefficient (Wildman–Crippen LogP) is 3.85. The van der Waals surface area contributed by atoms with E-state index in [0.29, 0.717) is 11.5 Å². The van der Waals surface area contributed by atoms with Gasteiger partial charge in [-0.1, -0.05) is 32.9 Å². The average Bonchev–Trinajstić information content (AvgIpc) is 3.25. The third-order valence-electron chi connectivity index (χ3n) is 6.53. The van der Waals surface area contributed by atoms with Gasteiger partial charge in [0.15, 0.2) is 0 Å². The van der Waals surface area contributed by atoms with Crippen LogP contribution in [0.25, 0.3) is 0 Å². The second-order valence-electron chi connectivity index (χ2n) is 9.99. The lowest BCUT2D eigenvalue weighted by atomic mass is 9.65. The summed E-state index contributed by atoms with van der Waals surface area (Å²) in [6.07, 6.45) is 5.37. The number of carbonyl (C=O) groups excluding carboxylic acids is 2. The molecule has 1 aromatic carbocycles. The van der Waals surface area contributed by atoms with Crippen LogP contribution in [0, 0.1) is 10.8 Å². The summed E-state index contributed by atoms with van der Waals surface area (Å²) >= 11 is 0. The average molecular weight is 354 g/mol. The van der Waals surface area contributed by atoms with Crippen molar-refractivity contribution in [3.05, 3.63) is 35.4 Å². The molecule has 2 atom stereocenters. The third kappa shape index (κ3) is 3.04. The second-order valence-corrected chi connectivity index (χ2v) is 9.99. The summed E-state index contributed by atoms with van der Waals surface area (Å²) in [5, 5.41) is 3.06. The van der Waals surface area contributed by atoms with Crippen molar-refractivity contribution in [2.75, 3.05) is 6.54 Å². The lowest BCUT2D eigenvalue weighted by Crippen LogP contribution is -2.37. The summed E-state index contributed by atoms with van der Waals surface area (Å²) in [7, 11) is 0. The Bertz CT molecular complexity index is 748. The highest BCUT2D eigenvalue weighted by Crippen LogP contribution is 2.52. The minimum atomic E-state index is -0.199. The van der Waals surface area contributed by atoms with Crippen LogP contribution in [0.5, 0.6) is 0 Å². The van der Waals surface area contributed by atoms with Crippen molar-refractivity contribution in [3.63, 3.8) is 0 Å². The maximum absolute atomic E-state index is 13.2. The van der Waals surface area contributed by atoms with Crippen LogP contribution in [0.3, 0.4) is 0 Å². The zero-order valence-corrected chi connectivity index (χ0v) is 16.4. The van der Waals surface area contributed by atoms with E-state index in [1.54, 1.807) is 6.92 Å². The van der Waals surface area contributed by atoms with Gasteiger partial charge in [0.05, 0.1) is 5.54 Å². The van der Waals surface area contributed by atoms with Crippen LogP contribution in [-0.4, -0.2) is 29.3 Å². The van der Waals surface area contributed by atoms with Crippen molar-refractivity contribution in [2.45, 2.75) is 71.4 Å². The molecule has 1 N–H and O–H groups in total. The fourth-order valence-corrected chi connectivity index (χ4v) is 5.74. The minimum Gasteiger partial charge on any atom is -0.347 e. The highest BCUT2D eigenvalue weighted by Gasteiger charge is 2.51. The van der Waals surface area contributed by atoms with Crippen LogP contribution < -0.4 is 5.32 Å². The molecule has 2 bridgehead atoms. The van der Waals surface area contributed by atoms with Gasteiger partial charge >= 0.3 is 0 Å². The largest absolute Gasteiger partial charge is 0.347 e. The zero-order chi connectivity index (χ0) is 18.7. The second kappa shape index (κ2) is 5.58. The molecule has 4 rings (SSSR count). The number of likely N-dealkylation sites (tertiary alicyclic amines) is 1. The molecule has 3 aliphatic rings. The van der Waals surface area contributed by atoms with Crippen LogP contribution in [0.1, 0.15) is 75.7 Å². The number of fused-ring (bicyclic) bond motifs is 2. The van der Waals surface area contributed by atoms with Crippen LogP contribution in [0.4, 0.5) is 0 Å². The molecular weight excluding hydrogens is 324 g/mol. The highest BCUT2D eigenvalue weighted by molar-refractivity contribution is 5.94. The third-order valence-corrected chi connectivity index (χ3v) is 6.53. The van der Waals surface area contributed by atoms with Gasteiger partial charge in [-0.25, -0.2) is 0 Å². The monoisotopic (exact) mass is 354 g/mol. The molecule has 3 fully saturated rings. The Hall–Kier alpha value is -1.84. The molecule has 4 nitrogen and oxygen atoms in total. The summed E-state index contributed by atoms with van der Waals surface area (Å²) in [5.74, 6) is 0.162. The molecule has 4 heteroatoms. The van der Waals surface area contributed by atoms with E-state index in [0.717, 1.165) is 43.4 Å². The number of carbonyl (C=O) groups is 2. The number of benzene rings is 1. The highest BCUT2D eigenvalue weighted by atomic mass is 16.2. The molecule has 140 valence electrons. The van der Waals surface area contributed by atoms with E-state index in [2.05, 4.69) is 31.0 Å². The molecule has 1 aromatic rings. The Kier molecular flexibility index (Phi) is 3.77. The lowest BCUT2D eigenvalue weighted by molar-refractivity contribution is -0.120. The number of amides is 2. The van der Waals surface area contributed by atoms with Gasteiger partial charge in [0.1, 0.15) is 0 Å². The predicted molar refractivity (Wildman–Crippen MR) is 102 cm³/mol. The van der Waals surface area contributed by atoms with Crippen molar-refractivity contribution in [2.24, 2.45) is 10.8 Å². The first-order valence-corrected chi connectivity index (χ1v) is 9.82. The van der Waals surface area contributed by atoms with Gasteiger partial charge < -0.3 is 10.2 Å². The number of rotatable bonds is 3. The van der Waals surface area contributed by atoms with Crippen LogP contribution >= 0.6 is 0 Å². The summed E-state index contributed by atoms with van der Waals surface area (Å²) in [6.45, 7) is 9.43. The Balaban J connectivity index is 1.52. The van der Waals surface area contributed by atoms with Crippen molar-refractivity contribution >= 4 is 11.8 Å². The molecule has 1 aliphatic heterocycles. The van der Waals surface area contributed by atoms with Crippen molar-refractivity contribution in [3.8, 4) is 0 Å². The molecule has 2 unspecified atom stereocenters. The lowest BCUT2D eigenvalue weighted by Gasteiger charge is -2.39. The Labute approximate surface area is 156 Å². The van der Waals surface area contributed by atoms with Crippen molar-refractivity contribution in [1.29, 1.82) is 0 Å². The topological polar surface area (TPSA) is 49.4 Å².